The molecule has 30 heavy (non-hydrogen) atoms. The maximum absolute atomic E-state index is 6.36. The summed E-state index contributed by atoms with van der Waals surface area (Å²) < 4.78 is 11.9. The molecule has 2 fully saturated rings. The van der Waals surface area contributed by atoms with Gasteiger partial charge >= 0.3 is 0 Å². The van der Waals surface area contributed by atoms with Gasteiger partial charge in [0.2, 0.25) is 11.8 Å². The number of ether oxygens (including phenoxy) is 2. The van der Waals surface area contributed by atoms with Gasteiger partial charge in [-0.2, -0.15) is 9.97 Å². The highest BCUT2D eigenvalue weighted by molar-refractivity contribution is 5.68. The molecule has 5 heterocycles. The zero-order valence-corrected chi connectivity index (χ0v) is 17.5. The average Bonchev–Trinajstić information content (AvgIpc) is 3.23. The van der Waals surface area contributed by atoms with E-state index in [1.54, 1.807) is 6.33 Å². The molecule has 2 saturated heterocycles. The number of likely N-dealkylation sites (tertiary alicyclic amines) is 1. The Kier molecular flexibility index (Phi) is 5.63. The lowest BCUT2D eigenvalue weighted by molar-refractivity contribution is 0.121. The van der Waals surface area contributed by atoms with E-state index in [1.807, 2.05) is 12.4 Å². The molecule has 2 aromatic rings. The van der Waals surface area contributed by atoms with Crippen molar-refractivity contribution in [3.63, 3.8) is 0 Å². The van der Waals surface area contributed by atoms with Crippen LogP contribution in [0.3, 0.4) is 0 Å². The Hall–Kier alpha value is -2.52. The third-order valence-corrected chi connectivity index (χ3v) is 6.11. The van der Waals surface area contributed by atoms with Crippen molar-refractivity contribution in [1.82, 2.24) is 24.8 Å². The molecule has 0 saturated carbocycles. The number of hydrogen-bond donors (Lipinski definition) is 0. The van der Waals surface area contributed by atoms with Crippen LogP contribution in [0.4, 0.5) is 17.5 Å². The fourth-order valence-corrected chi connectivity index (χ4v) is 4.52. The lowest BCUT2D eigenvalue weighted by Gasteiger charge is -2.30. The zero-order valence-electron chi connectivity index (χ0n) is 17.5. The van der Waals surface area contributed by atoms with Gasteiger partial charge in [-0.05, 0) is 32.9 Å². The largest absolute Gasteiger partial charge is 0.477 e. The maximum atomic E-state index is 6.36. The topological polar surface area (TPSA) is 79.7 Å². The van der Waals surface area contributed by atoms with Gasteiger partial charge in [0.1, 0.15) is 12.1 Å². The molecule has 9 heteroatoms. The van der Waals surface area contributed by atoms with Gasteiger partial charge in [-0.1, -0.05) is 0 Å². The molecule has 0 aliphatic carbocycles. The Morgan fingerprint density at radius 2 is 1.93 bits per heavy atom. The molecule has 3 aliphatic rings. The summed E-state index contributed by atoms with van der Waals surface area (Å²) >= 11 is 0. The Balaban J connectivity index is 1.44. The van der Waals surface area contributed by atoms with E-state index in [9.17, 15) is 0 Å². The summed E-state index contributed by atoms with van der Waals surface area (Å²) in [6.45, 7) is 6.76. The summed E-state index contributed by atoms with van der Waals surface area (Å²) in [6.07, 6.45) is 8.51. The third kappa shape index (κ3) is 4.04. The molecule has 0 radical (unpaired) electrons. The molecule has 2 aromatic heterocycles. The second kappa shape index (κ2) is 8.69. The first-order chi connectivity index (χ1) is 14.8. The number of morpholine rings is 1. The van der Waals surface area contributed by atoms with Crippen LogP contribution in [0, 0.1) is 5.92 Å². The predicted octanol–water partition coefficient (Wildman–Crippen LogP) is 1.52. The highest BCUT2D eigenvalue weighted by atomic mass is 16.5. The maximum Gasteiger partial charge on any atom is 0.230 e. The minimum Gasteiger partial charge on any atom is -0.477 e. The van der Waals surface area contributed by atoms with E-state index in [1.165, 1.54) is 19.4 Å². The van der Waals surface area contributed by atoms with Crippen molar-refractivity contribution in [2.24, 2.45) is 5.92 Å². The molecule has 9 nitrogen and oxygen atoms in total. The van der Waals surface area contributed by atoms with Crippen molar-refractivity contribution in [1.29, 1.82) is 0 Å². The number of nitrogens with zero attached hydrogens (tertiary/aromatic N) is 7. The fourth-order valence-electron chi connectivity index (χ4n) is 4.52. The minimum atomic E-state index is 0.543. The van der Waals surface area contributed by atoms with Crippen LogP contribution in [0.15, 0.2) is 18.7 Å². The summed E-state index contributed by atoms with van der Waals surface area (Å²) in [5.41, 5.74) is 2.03. The minimum absolute atomic E-state index is 0.543. The van der Waals surface area contributed by atoms with Crippen LogP contribution in [-0.2, 0) is 11.2 Å². The molecule has 1 atom stereocenters. The quantitative estimate of drug-likeness (QED) is 0.727. The summed E-state index contributed by atoms with van der Waals surface area (Å²) in [7, 11) is 2.19. The normalized spacial score (nSPS) is 22.2. The summed E-state index contributed by atoms with van der Waals surface area (Å²) in [6, 6.07) is 0. The van der Waals surface area contributed by atoms with Crippen LogP contribution in [-0.4, -0.2) is 84.4 Å². The lowest BCUT2D eigenvalue weighted by Crippen LogP contribution is -2.37. The van der Waals surface area contributed by atoms with E-state index < -0.39 is 0 Å². The molecule has 0 N–H and O–H groups in total. The zero-order chi connectivity index (χ0) is 20.3. The molecular formula is C21H29N7O2. The number of aromatic nitrogens is 4. The van der Waals surface area contributed by atoms with E-state index in [2.05, 4.69) is 31.7 Å². The van der Waals surface area contributed by atoms with Crippen molar-refractivity contribution in [3.05, 3.63) is 24.3 Å². The van der Waals surface area contributed by atoms with Gasteiger partial charge in [0, 0.05) is 32.1 Å². The van der Waals surface area contributed by atoms with Gasteiger partial charge in [0.15, 0.2) is 0 Å². The number of anilines is 3. The van der Waals surface area contributed by atoms with Gasteiger partial charge in [-0.15, -0.1) is 0 Å². The molecule has 5 rings (SSSR count). The highest BCUT2D eigenvalue weighted by Gasteiger charge is 2.30. The molecule has 160 valence electrons. The Morgan fingerprint density at radius 1 is 1.10 bits per heavy atom. The third-order valence-electron chi connectivity index (χ3n) is 6.11. The molecule has 3 aliphatic heterocycles. The molecule has 0 aromatic carbocycles. The smallest absolute Gasteiger partial charge is 0.230 e. The SMILES string of the molecule is CN1CCCC(COc2nc(N3CCOCC3)nc3c2CCN3c2cncnc2)C1. The molecule has 0 amide bonds. The van der Waals surface area contributed by atoms with Crippen LogP contribution < -0.4 is 14.5 Å². The Bertz CT molecular complexity index is 860. The summed E-state index contributed by atoms with van der Waals surface area (Å²) in [5.74, 6) is 2.91. The van der Waals surface area contributed by atoms with Gasteiger partial charge in [-0.25, -0.2) is 9.97 Å². The van der Waals surface area contributed by atoms with Crippen LogP contribution in [0.25, 0.3) is 0 Å². The summed E-state index contributed by atoms with van der Waals surface area (Å²) in [5, 5.41) is 0. The fraction of sp³-hybridized carbons (Fsp3) is 0.619. The van der Waals surface area contributed by atoms with Crippen LogP contribution in [0.2, 0.25) is 0 Å². The van der Waals surface area contributed by atoms with Crippen molar-refractivity contribution >= 4 is 17.5 Å². The van der Waals surface area contributed by atoms with Crippen molar-refractivity contribution < 1.29 is 9.47 Å². The van der Waals surface area contributed by atoms with E-state index in [4.69, 9.17) is 19.4 Å². The average molecular weight is 412 g/mol. The van der Waals surface area contributed by atoms with Gasteiger partial charge < -0.3 is 24.2 Å². The monoisotopic (exact) mass is 411 g/mol. The highest BCUT2D eigenvalue weighted by Crippen LogP contribution is 2.38. The van der Waals surface area contributed by atoms with Crippen LogP contribution >= 0.6 is 0 Å². The van der Waals surface area contributed by atoms with Gasteiger partial charge in [0.05, 0.1) is 43.5 Å². The van der Waals surface area contributed by atoms with Crippen LogP contribution in [0.1, 0.15) is 18.4 Å². The second-order valence-corrected chi connectivity index (χ2v) is 8.31. The van der Waals surface area contributed by atoms with Gasteiger partial charge in [0.25, 0.3) is 0 Å². The summed E-state index contributed by atoms with van der Waals surface area (Å²) in [4.78, 5) is 24.9. The van der Waals surface area contributed by atoms with Crippen LogP contribution in [0.5, 0.6) is 5.88 Å². The van der Waals surface area contributed by atoms with E-state index >= 15 is 0 Å². The lowest BCUT2D eigenvalue weighted by atomic mass is 10.00. The van der Waals surface area contributed by atoms with E-state index in [-0.39, 0.29) is 0 Å². The molecule has 1 unspecified atom stereocenters. The Labute approximate surface area is 177 Å². The standard InChI is InChI=1S/C21H29N7O2/c1-26-5-2-3-16(13-26)14-30-20-18-4-6-28(17-11-22-15-23-12-17)19(18)24-21(25-20)27-7-9-29-10-8-27/h11-12,15-16H,2-10,13-14H2,1H3. The number of hydrogen-bond acceptors (Lipinski definition) is 9. The second-order valence-electron chi connectivity index (χ2n) is 8.31. The van der Waals surface area contributed by atoms with Crippen molar-refractivity contribution in [2.75, 3.05) is 69.4 Å². The first-order valence-corrected chi connectivity index (χ1v) is 10.9. The van der Waals surface area contributed by atoms with Crippen molar-refractivity contribution in [2.45, 2.75) is 19.3 Å². The first-order valence-electron chi connectivity index (χ1n) is 10.9. The predicted molar refractivity (Wildman–Crippen MR) is 114 cm³/mol. The molecular weight excluding hydrogens is 382 g/mol. The first kappa shape index (κ1) is 19.4. The molecule has 0 spiro atoms. The van der Waals surface area contributed by atoms with Crippen molar-refractivity contribution in [3.8, 4) is 5.88 Å². The van der Waals surface area contributed by atoms with E-state index in [0.29, 0.717) is 25.7 Å². The van der Waals surface area contributed by atoms with Gasteiger partial charge in [-0.3, -0.25) is 0 Å². The number of piperidine rings is 1. The Morgan fingerprint density at radius 3 is 2.73 bits per heavy atom. The number of rotatable bonds is 5. The van der Waals surface area contributed by atoms with E-state index in [0.717, 1.165) is 61.5 Å². The number of fused-ring (bicyclic) bond motifs is 1. The molecule has 0 bridgehead atoms.